The molecule has 3 rings (SSSR count). The number of pyridine rings is 1. The van der Waals surface area contributed by atoms with Gasteiger partial charge in [0.2, 0.25) is 0 Å². The predicted octanol–water partition coefficient (Wildman–Crippen LogP) is 1.86. The lowest BCUT2D eigenvalue weighted by Crippen LogP contribution is -2.34. The highest BCUT2D eigenvalue weighted by Gasteiger charge is 2.26. The average Bonchev–Trinajstić information content (AvgIpc) is 3.17. The van der Waals surface area contributed by atoms with Crippen LogP contribution in [0.4, 0.5) is 0 Å². The van der Waals surface area contributed by atoms with Crippen molar-refractivity contribution in [2.45, 2.75) is 39.3 Å². The van der Waals surface area contributed by atoms with Crippen molar-refractivity contribution >= 4 is 41.8 Å². The minimum absolute atomic E-state index is 0. The summed E-state index contributed by atoms with van der Waals surface area (Å²) in [4.78, 5) is 17.2. The molecule has 0 radical (unpaired) electrons. The molecule has 1 aliphatic rings. The Balaban J connectivity index is 0.00000169. The van der Waals surface area contributed by atoms with E-state index in [0.29, 0.717) is 18.7 Å². The minimum Gasteiger partial charge on any atom is -0.391 e. The number of aliphatic hydroxyl groups is 1. The van der Waals surface area contributed by atoms with E-state index in [4.69, 9.17) is 0 Å². The number of hydrogen-bond donors (Lipinski definition) is 3. The van der Waals surface area contributed by atoms with Crippen molar-refractivity contribution < 1.29 is 9.90 Å². The van der Waals surface area contributed by atoms with Gasteiger partial charge in [0.25, 0.3) is 5.91 Å². The van der Waals surface area contributed by atoms with Gasteiger partial charge in [0.05, 0.1) is 29.3 Å². The van der Waals surface area contributed by atoms with E-state index in [9.17, 15) is 9.90 Å². The molecule has 2 aromatic heterocycles. The molecule has 3 heterocycles. The molecule has 1 amide bonds. The standard InChI is InChI=1S/C17H25N5O2.2ClH/c1-4-11(3)22-16-14(8-20-22)13(5-10(2)21-16)17(24)19-7-12-6-18-9-15(12)23;;/h5,8,11-12,15,18,23H,4,6-7,9H2,1-3H3,(H,19,24);2*1H. The topological polar surface area (TPSA) is 92.1 Å². The molecule has 26 heavy (non-hydrogen) atoms. The van der Waals surface area contributed by atoms with Gasteiger partial charge in [0, 0.05) is 31.2 Å². The summed E-state index contributed by atoms with van der Waals surface area (Å²) < 4.78 is 1.88. The van der Waals surface area contributed by atoms with Gasteiger partial charge in [-0.2, -0.15) is 5.10 Å². The molecular weight excluding hydrogens is 377 g/mol. The van der Waals surface area contributed by atoms with Crippen LogP contribution in [-0.2, 0) is 0 Å². The lowest BCUT2D eigenvalue weighted by atomic mass is 10.1. The summed E-state index contributed by atoms with van der Waals surface area (Å²) in [6, 6.07) is 2.02. The number of fused-ring (bicyclic) bond motifs is 1. The second kappa shape index (κ2) is 9.50. The maximum atomic E-state index is 12.6. The van der Waals surface area contributed by atoms with E-state index in [1.54, 1.807) is 12.3 Å². The van der Waals surface area contributed by atoms with Crippen LogP contribution in [-0.4, -0.2) is 51.5 Å². The van der Waals surface area contributed by atoms with Crippen molar-refractivity contribution in [3.8, 4) is 0 Å². The highest BCUT2D eigenvalue weighted by Crippen LogP contribution is 2.22. The number of carbonyl (C=O) groups excluding carboxylic acids is 1. The number of aliphatic hydroxyl groups excluding tert-OH is 1. The zero-order valence-electron chi connectivity index (χ0n) is 15.2. The van der Waals surface area contributed by atoms with Crippen LogP contribution in [0.15, 0.2) is 12.3 Å². The van der Waals surface area contributed by atoms with E-state index >= 15 is 0 Å². The molecule has 3 unspecified atom stereocenters. The maximum absolute atomic E-state index is 12.6. The number of rotatable bonds is 5. The normalized spacial score (nSPS) is 20.3. The fraction of sp³-hybridized carbons (Fsp3) is 0.588. The second-order valence-corrected chi connectivity index (χ2v) is 6.59. The highest BCUT2D eigenvalue weighted by molar-refractivity contribution is 6.05. The Labute approximate surface area is 165 Å². The number of aromatic nitrogens is 3. The first-order chi connectivity index (χ1) is 11.5. The minimum atomic E-state index is -0.405. The Morgan fingerprint density at radius 1 is 1.46 bits per heavy atom. The number of halogens is 2. The van der Waals surface area contributed by atoms with Gasteiger partial charge < -0.3 is 15.7 Å². The molecule has 0 aromatic carbocycles. The van der Waals surface area contributed by atoms with Crippen molar-refractivity contribution in [2.75, 3.05) is 19.6 Å². The largest absolute Gasteiger partial charge is 0.391 e. The average molecular weight is 404 g/mol. The summed E-state index contributed by atoms with van der Waals surface area (Å²) in [6.45, 7) is 7.83. The second-order valence-electron chi connectivity index (χ2n) is 6.59. The van der Waals surface area contributed by atoms with Gasteiger partial charge in [-0.25, -0.2) is 9.67 Å². The number of aryl methyl sites for hydroxylation is 1. The summed E-state index contributed by atoms with van der Waals surface area (Å²) in [5, 5.41) is 21.1. The van der Waals surface area contributed by atoms with Gasteiger partial charge in [0.15, 0.2) is 5.65 Å². The van der Waals surface area contributed by atoms with Crippen LogP contribution in [0, 0.1) is 12.8 Å². The zero-order chi connectivity index (χ0) is 17.3. The lowest BCUT2D eigenvalue weighted by molar-refractivity contribution is 0.0928. The van der Waals surface area contributed by atoms with E-state index in [2.05, 4.69) is 34.6 Å². The first-order valence-electron chi connectivity index (χ1n) is 8.53. The molecule has 9 heteroatoms. The molecule has 2 aromatic rings. The fourth-order valence-electron chi connectivity index (χ4n) is 3.07. The van der Waals surface area contributed by atoms with E-state index in [1.165, 1.54) is 0 Å². The van der Waals surface area contributed by atoms with Crippen molar-refractivity contribution in [2.24, 2.45) is 5.92 Å². The monoisotopic (exact) mass is 403 g/mol. The number of hydrogen-bond acceptors (Lipinski definition) is 5. The number of nitrogens with zero attached hydrogens (tertiary/aromatic N) is 3. The SMILES string of the molecule is CCC(C)n1ncc2c(C(=O)NCC3CNCC3O)cc(C)nc21.Cl.Cl. The van der Waals surface area contributed by atoms with E-state index in [-0.39, 0.29) is 42.7 Å². The van der Waals surface area contributed by atoms with Crippen LogP contribution in [0.1, 0.15) is 42.4 Å². The van der Waals surface area contributed by atoms with Crippen LogP contribution < -0.4 is 10.6 Å². The fourth-order valence-corrected chi connectivity index (χ4v) is 3.07. The van der Waals surface area contributed by atoms with Crippen molar-refractivity contribution in [3.05, 3.63) is 23.5 Å². The molecular formula is C17H27Cl2N5O2. The first kappa shape index (κ1) is 22.6. The Morgan fingerprint density at radius 2 is 2.19 bits per heavy atom. The Morgan fingerprint density at radius 3 is 2.81 bits per heavy atom. The molecule has 0 aliphatic carbocycles. The summed E-state index contributed by atoms with van der Waals surface area (Å²) in [5.74, 6) is -0.0940. The molecule has 0 saturated carbocycles. The van der Waals surface area contributed by atoms with Crippen molar-refractivity contribution in [1.82, 2.24) is 25.4 Å². The smallest absolute Gasteiger partial charge is 0.252 e. The van der Waals surface area contributed by atoms with Gasteiger partial charge in [-0.1, -0.05) is 6.92 Å². The number of carbonyl (C=O) groups is 1. The van der Waals surface area contributed by atoms with Crippen LogP contribution in [0.5, 0.6) is 0 Å². The molecule has 3 atom stereocenters. The third-order valence-electron chi connectivity index (χ3n) is 4.78. The zero-order valence-corrected chi connectivity index (χ0v) is 16.9. The van der Waals surface area contributed by atoms with Crippen molar-refractivity contribution in [1.29, 1.82) is 0 Å². The molecule has 0 spiro atoms. The van der Waals surface area contributed by atoms with E-state index in [1.807, 2.05) is 11.6 Å². The van der Waals surface area contributed by atoms with E-state index < -0.39 is 6.10 Å². The molecule has 3 N–H and O–H groups in total. The Bertz CT molecular complexity index is 752. The first-order valence-corrected chi connectivity index (χ1v) is 8.53. The number of amides is 1. The van der Waals surface area contributed by atoms with Crippen molar-refractivity contribution in [3.63, 3.8) is 0 Å². The number of β-amino-alcohol motifs (C(OH)–C–C–N with tert-alkyl or cyclic N) is 1. The van der Waals surface area contributed by atoms with Crippen LogP contribution in [0.25, 0.3) is 11.0 Å². The summed E-state index contributed by atoms with van der Waals surface area (Å²) >= 11 is 0. The van der Waals surface area contributed by atoms with Gasteiger partial charge in [-0.3, -0.25) is 4.79 Å². The molecule has 1 aliphatic heterocycles. The van der Waals surface area contributed by atoms with Gasteiger partial charge in [-0.05, 0) is 26.3 Å². The molecule has 7 nitrogen and oxygen atoms in total. The molecule has 146 valence electrons. The van der Waals surface area contributed by atoms with Gasteiger partial charge in [0.1, 0.15) is 0 Å². The summed E-state index contributed by atoms with van der Waals surface area (Å²) in [5.41, 5.74) is 2.13. The highest BCUT2D eigenvalue weighted by atomic mass is 35.5. The van der Waals surface area contributed by atoms with E-state index in [0.717, 1.165) is 29.7 Å². The Kier molecular flexibility index (Phi) is 8.27. The third-order valence-corrected chi connectivity index (χ3v) is 4.78. The quantitative estimate of drug-likeness (QED) is 0.708. The third kappa shape index (κ3) is 4.46. The lowest BCUT2D eigenvalue weighted by Gasteiger charge is -2.15. The number of nitrogens with one attached hydrogen (secondary N) is 2. The maximum Gasteiger partial charge on any atom is 0.252 e. The van der Waals surface area contributed by atoms with Crippen LogP contribution in [0.3, 0.4) is 0 Å². The molecule has 0 bridgehead atoms. The molecule has 1 saturated heterocycles. The Hall–Kier alpha value is -1.41. The van der Waals surface area contributed by atoms with Crippen LogP contribution in [0.2, 0.25) is 0 Å². The molecule has 1 fully saturated rings. The van der Waals surface area contributed by atoms with Crippen LogP contribution >= 0.6 is 24.8 Å². The van der Waals surface area contributed by atoms with Gasteiger partial charge >= 0.3 is 0 Å². The van der Waals surface area contributed by atoms with Gasteiger partial charge in [-0.15, -0.1) is 24.8 Å². The predicted molar refractivity (Wildman–Crippen MR) is 106 cm³/mol. The summed E-state index contributed by atoms with van der Waals surface area (Å²) in [6.07, 6.45) is 2.26. The summed E-state index contributed by atoms with van der Waals surface area (Å²) in [7, 11) is 0.